The van der Waals surface area contributed by atoms with E-state index in [1.165, 1.54) is 0 Å². The summed E-state index contributed by atoms with van der Waals surface area (Å²) in [5.41, 5.74) is 0.192. The van der Waals surface area contributed by atoms with Crippen LogP contribution >= 0.6 is 0 Å². The van der Waals surface area contributed by atoms with Crippen LogP contribution in [0.1, 0.15) is 43.6 Å². The molecule has 1 aliphatic heterocycles. The number of benzene rings is 1. The minimum absolute atomic E-state index is 0.0600. The van der Waals surface area contributed by atoms with Crippen molar-refractivity contribution in [1.82, 2.24) is 5.32 Å². The Morgan fingerprint density at radius 2 is 2.05 bits per heavy atom. The number of nitrogens with zero attached hydrogens (tertiary/aromatic N) is 1. The van der Waals surface area contributed by atoms with E-state index in [1.807, 2.05) is 13.8 Å². The highest BCUT2D eigenvalue weighted by Crippen LogP contribution is 2.27. The van der Waals surface area contributed by atoms with Gasteiger partial charge in [-0.3, -0.25) is 9.79 Å². The Morgan fingerprint density at radius 3 is 2.62 bits per heavy atom. The van der Waals surface area contributed by atoms with Crippen molar-refractivity contribution in [3.8, 4) is 0 Å². The molecule has 1 amide bonds. The Labute approximate surface area is 124 Å². The van der Waals surface area contributed by atoms with Gasteiger partial charge in [0, 0.05) is 5.56 Å². The zero-order valence-corrected chi connectivity index (χ0v) is 12.8. The number of hydrogen-bond acceptors (Lipinski definition) is 4. The van der Waals surface area contributed by atoms with Crippen molar-refractivity contribution >= 4 is 17.7 Å². The van der Waals surface area contributed by atoms with Crippen molar-refractivity contribution in [2.45, 2.75) is 33.2 Å². The largest absolute Gasteiger partial charge is 0.462 e. The summed E-state index contributed by atoms with van der Waals surface area (Å²) < 4.78 is 5.05. The van der Waals surface area contributed by atoms with Gasteiger partial charge < -0.3 is 10.1 Å². The zero-order chi connectivity index (χ0) is 15.6. The highest BCUT2D eigenvalue weighted by atomic mass is 16.5. The van der Waals surface area contributed by atoms with Crippen LogP contribution in [-0.4, -0.2) is 29.9 Å². The molecule has 1 aliphatic rings. The second-order valence-electron chi connectivity index (χ2n) is 5.48. The SMILES string of the molecule is CCOC(=O)c1ccccc1C1=NC(C)(C(C)C)C(=O)N1. The highest BCUT2D eigenvalue weighted by Gasteiger charge is 2.42. The smallest absolute Gasteiger partial charge is 0.338 e. The van der Waals surface area contributed by atoms with Crippen LogP contribution in [0, 0.1) is 5.92 Å². The number of carbonyl (C=O) groups is 2. The van der Waals surface area contributed by atoms with Crippen molar-refractivity contribution in [2.24, 2.45) is 10.9 Å². The van der Waals surface area contributed by atoms with Gasteiger partial charge in [0.25, 0.3) is 5.91 Å². The molecule has 0 radical (unpaired) electrons. The van der Waals surface area contributed by atoms with Gasteiger partial charge in [0.15, 0.2) is 0 Å². The normalized spacial score (nSPS) is 21.2. The van der Waals surface area contributed by atoms with Crippen LogP contribution < -0.4 is 5.32 Å². The summed E-state index contributed by atoms with van der Waals surface area (Å²) in [6, 6.07) is 7.00. The van der Waals surface area contributed by atoms with Gasteiger partial charge in [-0.25, -0.2) is 4.79 Å². The molecule has 0 aromatic heterocycles. The lowest BCUT2D eigenvalue weighted by molar-refractivity contribution is -0.124. The minimum Gasteiger partial charge on any atom is -0.462 e. The first-order valence-electron chi connectivity index (χ1n) is 7.08. The van der Waals surface area contributed by atoms with E-state index >= 15 is 0 Å². The highest BCUT2D eigenvalue weighted by molar-refractivity contribution is 6.18. The Hall–Kier alpha value is -2.17. The number of esters is 1. The van der Waals surface area contributed by atoms with Gasteiger partial charge in [-0.1, -0.05) is 32.0 Å². The maximum absolute atomic E-state index is 12.2. The molecule has 112 valence electrons. The lowest BCUT2D eigenvalue weighted by atomic mass is 9.89. The summed E-state index contributed by atoms with van der Waals surface area (Å²) in [5, 5.41) is 2.78. The molecular weight excluding hydrogens is 268 g/mol. The average Bonchev–Trinajstić information content (AvgIpc) is 2.76. The number of aliphatic imine (C=N–C) groups is 1. The van der Waals surface area contributed by atoms with Crippen LogP contribution in [0.4, 0.5) is 0 Å². The third-order valence-electron chi connectivity index (χ3n) is 3.84. The fourth-order valence-corrected chi connectivity index (χ4v) is 2.14. The van der Waals surface area contributed by atoms with Gasteiger partial charge in [-0.05, 0) is 25.8 Å². The van der Waals surface area contributed by atoms with E-state index in [1.54, 1.807) is 38.1 Å². The van der Waals surface area contributed by atoms with Gasteiger partial charge in [-0.2, -0.15) is 0 Å². The molecule has 5 heteroatoms. The van der Waals surface area contributed by atoms with Crippen LogP contribution in [0.2, 0.25) is 0 Å². The number of rotatable bonds is 4. The molecule has 21 heavy (non-hydrogen) atoms. The van der Waals surface area contributed by atoms with Crippen molar-refractivity contribution < 1.29 is 14.3 Å². The molecule has 1 aromatic rings. The number of amides is 1. The van der Waals surface area contributed by atoms with Crippen molar-refractivity contribution in [3.05, 3.63) is 35.4 Å². The predicted molar refractivity (Wildman–Crippen MR) is 80.3 cm³/mol. The maximum Gasteiger partial charge on any atom is 0.338 e. The zero-order valence-electron chi connectivity index (χ0n) is 12.8. The molecule has 2 rings (SSSR count). The topological polar surface area (TPSA) is 67.8 Å². The monoisotopic (exact) mass is 288 g/mol. The van der Waals surface area contributed by atoms with E-state index in [-0.39, 0.29) is 11.8 Å². The van der Waals surface area contributed by atoms with E-state index in [2.05, 4.69) is 10.3 Å². The third kappa shape index (κ3) is 2.68. The van der Waals surface area contributed by atoms with Crippen LogP contribution in [0.5, 0.6) is 0 Å². The standard InChI is InChI=1S/C16H20N2O3/c1-5-21-14(19)12-9-7-6-8-11(12)13-17-15(20)16(4,18-13)10(2)3/h6-10H,5H2,1-4H3,(H,17,18,20). The first-order chi connectivity index (χ1) is 9.90. The summed E-state index contributed by atoms with van der Waals surface area (Å²) in [7, 11) is 0. The van der Waals surface area contributed by atoms with E-state index in [4.69, 9.17) is 4.74 Å². The molecule has 0 saturated heterocycles. The second kappa shape index (κ2) is 5.68. The number of nitrogens with one attached hydrogen (secondary N) is 1. The molecule has 5 nitrogen and oxygen atoms in total. The first-order valence-corrected chi connectivity index (χ1v) is 7.08. The van der Waals surface area contributed by atoms with Crippen molar-refractivity contribution in [1.29, 1.82) is 0 Å². The molecule has 0 spiro atoms. The average molecular weight is 288 g/mol. The number of amidine groups is 1. The molecule has 0 bridgehead atoms. The lowest BCUT2D eigenvalue weighted by Crippen LogP contribution is -2.41. The third-order valence-corrected chi connectivity index (χ3v) is 3.84. The predicted octanol–water partition coefficient (Wildman–Crippen LogP) is 2.15. The summed E-state index contributed by atoms with van der Waals surface area (Å²) >= 11 is 0. The minimum atomic E-state index is -0.808. The molecule has 1 N–H and O–H groups in total. The Balaban J connectivity index is 2.45. The number of hydrogen-bond donors (Lipinski definition) is 1. The molecular formula is C16H20N2O3. The quantitative estimate of drug-likeness (QED) is 0.863. The summed E-state index contributed by atoms with van der Waals surface area (Å²) in [6.07, 6.45) is 0. The van der Waals surface area contributed by atoms with Crippen LogP contribution in [0.15, 0.2) is 29.3 Å². The van der Waals surface area contributed by atoms with Gasteiger partial charge >= 0.3 is 5.97 Å². The lowest BCUT2D eigenvalue weighted by Gasteiger charge is -2.21. The first kappa shape index (κ1) is 15.2. The second-order valence-corrected chi connectivity index (χ2v) is 5.48. The molecule has 1 atom stereocenters. The van der Waals surface area contributed by atoms with E-state index in [9.17, 15) is 9.59 Å². The molecule has 0 aliphatic carbocycles. The van der Waals surface area contributed by atoms with E-state index < -0.39 is 11.5 Å². The number of carbonyl (C=O) groups excluding carboxylic acids is 2. The summed E-state index contributed by atoms with van der Waals surface area (Å²) in [6.45, 7) is 7.75. The number of ether oxygens (including phenoxy) is 1. The summed E-state index contributed by atoms with van der Waals surface area (Å²) in [5.74, 6) is -0.0704. The van der Waals surface area contributed by atoms with Crippen molar-refractivity contribution in [3.63, 3.8) is 0 Å². The fourth-order valence-electron chi connectivity index (χ4n) is 2.14. The van der Waals surface area contributed by atoms with Gasteiger partial charge in [0.2, 0.25) is 0 Å². The summed E-state index contributed by atoms with van der Waals surface area (Å²) in [4.78, 5) is 28.7. The Kier molecular flexibility index (Phi) is 4.11. The Bertz CT molecular complexity index is 607. The Morgan fingerprint density at radius 1 is 1.38 bits per heavy atom. The van der Waals surface area contributed by atoms with Crippen LogP contribution in [0.25, 0.3) is 0 Å². The molecule has 1 heterocycles. The molecule has 1 unspecified atom stereocenters. The van der Waals surface area contributed by atoms with Crippen LogP contribution in [0.3, 0.4) is 0 Å². The van der Waals surface area contributed by atoms with Crippen LogP contribution in [-0.2, 0) is 9.53 Å². The van der Waals surface area contributed by atoms with Gasteiger partial charge in [-0.15, -0.1) is 0 Å². The molecule has 0 fully saturated rings. The van der Waals surface area contributed by atoms with E-state index in [0.29, 0.717) is 23.6 Å². The van der Waals surface area contributed by atoms with Gasteiger partial charge in [0.05, 0.1) is 12.2 Å². The molecule has 0 saturated carbocycles. The van der Waals surface area contributed by atoms with Crippen molar-refractivity contribution in [2.75, 3.05) is 6.61 Å². The fraction of sp³-hybridized carbons (Fsp3) is 0.438. The molecule has 1 aromatic carbocycles. The van der Waals surface area contributed by atoms with Gasteiger partial charge in [0.1, 0.15) is 11.4 Å². The maximum atomic E-state index is 12.2. The van der Waals surface area contributed by atoms with E-state index in [0.717, 1.165) is 0 Å².